The molecular weight excluding hydrogens is 288 g/mol. The number of hydrogen-bond donors (Lipinski definition) is 0. The van der Waals surface area contributed by atoms with Gasteiger partial charge in [0, 0.05) is 0 Å². The minimum atomic E-state index is -0.000414. The molecule has 2 rings (SSSR count). The van der Waals surface area contributed by atoms with E-state index < -0.39 is 0 Å². The fourth-order valence-corrected chi connectivity index (χ4v) is 2.51. The Hall–Kier alpha value is -1.13. The lowest BCUT2D eigenvalue weighted by Crippen LogP contribution is -2.09. The Morgan fingerprint density at radius 2 is 1.94 bits per heavy atom. The topological polar surface area (TPSA) is 26.3 Å². The van der Waals surface area contributed by atoms with Crippen LogP contribution in [-0.4, -0.2) is 12.4 Å². The van der Waals surface area contributed by atoms with Crippen LogP contribution in [0.3, 0.4) is 0 Å². The summed E-state index contributed by atoms with van der Waals surface area (Å²) >= 11 is 4.74. The van der Waals surface area contributed by atoms with Gasteiger partial charge < -0.3 is 4.74 Å². The molecule has 0 saturated carbocycles. The SMILES string of the molecule is O=C(COc1ccccc1)c1ccc(Br)s1. The number of para-hydroxylation sites is 1. The van der Waals surface area contributed by atoms with Crippen LogP contribution < -0.4 is 4.74 Å². The molecule has 1 aromatic carbocycles. The van der Waals surface area contributed by atoms with Crippen molar-refractivity contribution in [2.75, 3.05) is 6.61 Å². The van der Waals surface area contributed by atoms with Gasteiger partial charge in [-0.1, -0.05) is 18.2 Å². The first-order valence-corrected chi connectivity index (χ1v) is 6.33. The van der Waals surface area contributed by atoms with Crippen molar-refractivity contribution in [2.24, 2.45) is 0 Å². The van der Waals surface area contributed by atoms with Gasteiger partial charge in [0.05, 0.1) is 8.66 Å². The minimum absolute atomic E-state index is 0.000414. The van der Waals surface area contributed by atoms with Crippen molar-refractivity contribution >= 4 is 33.0 Å². The highest BCUT2D eigenvalue weighted by Gasteiger charge is 2.09. The number of halogens is 1. The number of carbonyl (C=O) groups excluding carboxylic acids is 1. The van der Waals surface area contributed by atoms with Gasteiger partial charge >= 0.3 is 0 Å². The smallest absolute Gasteiger partial charge is 0.210 e. The highest BCUT2D eigenvalue weighted by atomic mass is 79.9. The van der Waals surface area contributed by atoms with Crippen LogP contribution in [0.5, 0.6) is 5.75 Å². The van der Waals surface area contributed by atoms with Gasteiger partial charge in [0.2, 0.25) is 5.78 Å². The Bertz CT molecular complexity index is 479. The average Bonchev–Trinajstić information content (AvgIpc) is 2.74. The maximum atomic E-state index is 11.7. The summed E-state index contributed by atoms with van der Waals surface area (Å²) in [6, 6.07) is 13.0. The summed E-state index contributed by atoms with van der Waals surface area (Å²) in [7, 11) is 0. The normalized spacial score (nSPS) is 10.1. The van der Waals surface area contributed by atoms with Crippen LogP contribution in [0, 0.1) is 0 Å². The highest BCUT2D eigenvalue weighted by molar-refractivity contribution is 9.11. The first kappa shape index (κ1) is 11.4. The summed E-state index contributed by atoms with van der Waals surface area (Å²) in [5.41, 5.74) is 0. The quantitative estimate of drug-likeness (QED) is 0.803. The molecule has 0 saturated heterocycles. The van der Waals surface area contributed by atoms with Gasteiger partial charge in [-0.3, -0.25) is 4.79 Å². The molecule has 1 heterocycles. The Labute approximate surface area is 106 Å². The number of thiophene rings is 1. The molecule has 0 aliphatic rings. The molecule has 0 atom stereocenters. The maximum absolute atomic E-state index is 11.7. The molecule has 0 N–H and O–H groups in total. The second-order valence-electron chi connectivity index (χ2n) is 3.13. The number of rotatable bonds is 4. The summed E-state index contributed by atoms with van der Waals surface area (Å²) in [5.74, 6) is 0.714. The standard InChI is InChI=1S/C12H9BrO2S/c13-12-7-6-11(16-12)10(14)8-15-9-4-2-1-3-5-9/h1-7H,8H2. The van der Waals surface area contributed by atoms with E-state index in [9.17, 15) is 4.79 Å². The van der Waals surface area contributed by atoms with Crippen LogP contribution in [-0.2, 0) is 0 Å². The predicted molar refractivity (Wildman–Crippen MR) is 68.3 cm³/mol. The van der Waals surface area contributed by atoms with E-state index in [1.807, 2.05) is 36.4 Å². The Kier molecular flexibility index (Phi) is 3.74. The van der Waals surface area contributed by atoms with Crippen LogP contribution in [0.25, 0.3) is 0 Å². The number of Topliss-reactive ketones (excluding diaryl/α,β-unsaturated/α-hetero) is 1. The molecule has 1 aromatic heterocycles. The minimum Gasteiger partial charge on any atom is -0.485 e. The average molecular weight is 297 g/mol. The lowest BCUT2D eigenvalue weighted by molar-refractivity contribution is 0.0925. The molecule has 2 nitrogen and oxygen atoms in total. The van der Waals surface area contributed by atoms with E-state index in [1.165, 1.54) is 11.3 Å². The van der Waals surface area contributed by atoms with E-state index >= 15 is 0 Å². The molecule has 4 heteroatoms. The van der Waals surface area contributed by atoms with Crippen molar-refractivity contribution in [1.29, 1.82) is 0 Å². The lowest BCUT2D eigenvalue weighted by atomic mass is 10.3. The van der Waals surface area contributed by atoms with E-state index in [-0.39, 0.29) is 12.4 Å². The van der Waals surface area contributed by atoms with Crippen molar-refractivity contribution in [1.82, 2.24) is 0 Å². The summed E-state index contributed by atoms with van der Waals surface area (Å²) in [5, 5.41) is 0. The van der Waals surface area contributed by atoms with Gasteiger partial charge in [-0.15, -0.1) is 11.3 Å². The van der Waals surface area contributed by atoms with Crippen LogP contribution in [0.2, 0.25) is 0 Å². The van der Waals surface area contributed by atoms with Crippen LogP contribution in [0.4, 0.5) is 0 Å². The van der Waals surface area contributed by atoms with Gasteiger partial charge in [0.1, 0.15) is 5.75 Å². The van der Waals surface area contributed by atoms with Crippen LogP contribution in [0.15, 0.2) is 46.3 Å². The van der Waals surface area contributed by atoms with Crippen molar-refractivity contribution in [3.05, 3.63) is 51.1 Å². The third-order valence-corrected chi connectivity index (χ3v) is 3.63. The molecule has 82 valence electrons. The third-order valence-electron chi connectivity index (χ3n) is 1.96. The summed E-state index contributed by atoms with van der Waals surface area (Å²) in [6.45, 7) is 0.0803. The largest absolute Gasteiger partial charge is 0.485 e. The van der Waals surface area contributed by atoms with Gasteiger partial charge in [-0.2, -0.15) is 0 Å². The summed E-state index contributed by atoms with van der Waals surface area (Å²) in [6.07, 6.45) is 0. The van der Waals surface area contributed by atoms with Crippen molar-refractivity contribution in [3.8, 4) is 5.75 Å². The molecule has 0 radical (unpaired) electrons. The Morgan fingerprint density at radius 1 is 1.19 bits per heavy atom. The molecule has 2 aromatic rings. The summed E-state index contributed by atoms with van der Waals surface area (Å²) in [4.78, 5) is 12.4. The molecule has 0 spiro atoms. The number of ether oxygens (including phenoxy) is 1. The molecule has 0 aliphatic heterocycles. The molecule has 16 heavy (non-hydrogen) atoms. The lowest BCUT2D eigenvalue weighted by Gasteiger charge is -2.03. The first-order chi connectivity index (χ1) is 7.75. The van der Waals surface area contributed by atoms with E-state index in [4.69, 9.17) is 4.74 Å². The van der Waals surface area contributed by atoms with E-state index in [2.05, 4.69) is 15.9 Å². The van der Waals surface area contributed by atoms with E-state index in [1.54, 1.807) is 6.07 Å². The predicted octanol–water partition coefficient (Wildman–Crippen LogP) is 3.77. The summed E-state index contributed by atoms with van der Waals surface area (Å²) < 4.78 is 6.33. The zero-order valence-electron chi connectivity index (χ0n) is 8.35. The molecule has 0 amide bonds. The number of carbonyl (C=O) groups is 1. The van der Waals surface area contributed by atoms with E-state index in [0.717, 1.165) is 3.79 Å². The zero-order valence-corrected chi connectivity index (χ0v) is 10.8. The molecule has 0 fully saturated rings. The van der Waals surface area contributed by atoms with Crippen molar-refractivity contribution < 1.29 is 9.53 Å². The Morgan fingerprint density at radius 3 is 2.56 bits per heavy atom. The first-order valence-electron chi connectivity index (χ1n) is 4.72. The van der Waals surface area contributed by atoms with E-state index in [0.29, 0.717) is 10.6 Å². The highest BCUT2D eigenvalue weighted by Crippen LogP contribution is 2.22. The molecule has 0 aliphatic carbocycles. The van der Waals surface area contributed by atoms with Gasteiger partial charge in [-0.25, -0.2) is 0 Å². The fourth-order valence-electron chi connectivity index (χ4n) is 1.20. The van der Waals surface area contributed by atoms with Gasteiger partial charge in [0.25, 0.3) is 0 Å². The van der Waals surface area contributed by atoms with Gasteiger partial charge in [-0.05, 0) is 40.2 Å². The second-order valence-corrected chi connectivity index (χ2v) is 5.59. The third kappa shape index (κ3) is 2.93. The number of ketones is 1. The Balaban J connectivity index is 1.94. The fraction of sp³-hybridized carbons (Fsp3) is 0.0833. The second kappa shape index (κ2) is 5.27. The number of benzene rings is 1. The molecule has 0 bridgehead atoms. The van der Waals surface area contributed by atoms with Crippen molar-refractivity contribution in [2.45, 2.75) is 0 Å². The maximum Gasteiger partial charge on any atom is 0.210 e. The van der Waals surface area contributed by atoms with Gasteiger partial charge in [0.15, 0.2) is 6.61 Å². The molecule has 0 unspecified atom stereocenters. The zero-order chi connectivity index (χ0) is 11.4. The molecular formula is C12H9BrO2S. The van der Waals surface area contributed by atoms with Crippen LogP contribution in [0.1, 0.15) is 9.67 Å². The van der Waals surface area contributed by atoms with Crippen molar-refractivity contribution in [3.63, 3.8) is 0 Å². The van der Waals surface area contributed by atoms with Crippen LogP contribution >= 0.6 is 27.3 Å². The number of hydrogen-bond acceptors (Lipinski definition) is 3. The monoisotopic (exact) mass is 296 g/mol.